The van der Waals surface area contributed by atoms with Gasteiger partial charge in [-0.15, -0.1) is 0 Å². The van der Waals surface area contributed by atoms with E-state index in [4.69, 9.17) is 10.2 Å². The largest absolute Gasteiger partial charge is 0.392 e. The molecule has 0 aliphatic carbocycles. The highest BCUT2D eigenvalue weighted by molar-refractivity contribution is 5.08. The van der Waals surface area contributed by atoms with E-state index in [1.807, 2.05) is 12.2 Å². The molecule has 2 nitrogen and oxygen atoms in total. The van der Waals surface area contributed by atoms with Gasteiger partial charge in [0.1, 0.15) is 0 Å². The molecule has 0 aromatic heterocycles. The van der Waals surface area contributed by atoms with Crippen LogP contribution in [0, 0.1) is 0 Å². The quantitative estimate of drug-likeness (QED) is 0.327. The molecule has 0 aromatic carbocycles. The Bertz CT molecular complexity index is 545. The second-order valence-corrected chi connectivity index (χ2v) is 7.73. The Morgan fingerprint density at radius 2 is 0.704 bits per heavy atom. The van der Waals surface area contributed by atoms with Crippen molar-refractivity contribution in [2.24, 2.45) is 0 Å². The minimum Gasteiger partial charge on any atom is -0.392 e. The molecule has 0 unspecified atom stereocenters. The minimum atomic E-state index is 0.146. The van der Waals surface area contributed by atoms with Gasteiger partial charge in [0.15, 0.2) is 0 Å². The first-order valence-electron chi connectivity index (χ1n) is 10.4. The lowest BCUT2D eigenvalue weighted by molar-refractivity contribution is 0.341. The standard InChI is InChI=1S/C25H42O2/c1-21(11-7-13-23(3)15-16-25(5)18-20-27)9-6-10-22(2)12-8-14-24(4)17-19-26/h9,12-13,17-18,26-27H,6-8,10-11,14-16,19-20H2,1-5H3/b21-9+,22-12+,23-13?,24-17+,25-18?. The molecule has 0 aliphatic rings. The predicted molar refractivity (Wildman–Crippen MR) is 120 cm³/mol. The van der Waals surface area contributed by atoms with Gasteiger partial charge >= 0.3 is 0 Å². The van der Waals surface area contributed by atoms with Crippen LogP contribution >= 0.6 is 0 Å². The first-order chi connectivity index (χ1) is 12.9. The van der Waals surface area contributed by atoms with Crippen molar-refractivity contribution in [1.29, 1.82) is 0 Å². The molecule has 0 rings (SSSR count). The molecule has 154 valence electrons. The van der Waals surface area contributed by atoms with Crippen LogP contribution in [0.3, 0.4) is 0 Å². The van der Waals surface area contributed by atoms with Crippen molar-refractivity contribution >= 4 is 0 Å². The zero-order valence-corrected chi connectivity index (χ0v) is 18.4. The second kappa shape index (κ2) is 16.8. The van der Waals surface area contributed by atoms with Gasteiger partial charge in [-0.3, -0.25) is 0 Å². The highest BCUT2D eigenvalue weighted by Crippen LogP contribution is 2.15. The SMILES string of the molecule is CC(=CCO)CCC(C)=CCC/C(C)=C/CC/C(C)=C/CC/C(C)=C/CO. The zero-order chi connectivity index (χ0) is 20.5. The number of allylic oxidation sites excluding steroid dienone is 8. The van der Waals surface area contributed by atoms with Crippen molar-refractivity contribution in [3.05, 3.63) is 58.2 Å². The summed E-state index contributed by atoms with van der Waals surface area (Å²) in [6, 6.07) is 0. The van der Waals surface area contributed by atoms with Crippen LogP contribution in [0.4, 0.5) is 0 Å². The van der Waals surface area contributed by atoms with Crippen molar-refractivity contribution in [2.45, 2.75) is 86.0 Å². The summed E-state index contributed by atoms with van der Waals surface area (Å²) in [4.78, 5) is 0. The van der Waals surface area contributed by atoms with E-state index in [2.05, 4.69) is 52.8 Å². The monoisotopic (exact) mass is 374 g/mol. The zero-order valence-electron chi connectivity index (χ0n) is 18.4. The van der Waals surface area contributed by atoms with Gasteiger partial charge in [0.25, 0.3) is 0 Å². The lowest BCUT2D eigenvalue weighted by Crippen LogP contribution is -1.85. The molecule has 27 heavy (non-hydrogen) atoms. The molecule has 2 N–H and O–H groups in total. The van der Waals surface area contributed by atoms with Crippen molar-refractivity contribution in [3.8, 4) is 0 Å². The van der Waals surface area contributed by atoms with Crippen LogP contribution in [0.2, 0.25) is 0 Å². The van der Waals surface area contributed by atoms with E-state index in [-0.39, 0.29) is 13.2 Å². The van der Waals surface area contributed by atoms with Crippen LogP contribution in [0.25, 0.3) is 0 Å². The third-order valence-corrected chi connectivity index (χ3v) is 4.89. The van der Waals surface area contributed by atoms with Gasteiger partial charge in [0.2, 0.25) is 0 Å². The first kappa shape index (κ1) is 25.6. The number of rotatable bonds is 14. The summed E-state index contributed by atoms with van der Waals surface area (Å²) in [7, 11) is 0. The first-order valence-corrected chi connectivity index (χ1v) is 10.4. The van der Waals surface area contributed by atoms with Gasteiger partial charge in [-0.1, -0.05) is 58.2 Å². The van der Waals surface area contributed by atoms with Crippen molar-refractivity contribution in [2.75, 3.05) is 13.2 Å². The Balaban J connectivity index is 4.06. The Hall–Kier alpha value is -1.38. The van der Waals surface area contributed by atoms with Crippen molar-refractivity contribution in [3.63, 3.8) is 0 Å². The molecular formula is C25H42O2. The van der Waals surface area contributed by atoms with Crippen LogP contribution in [-0.2, 0) is 0 Å². The highest BCUT2D eigenvalue weighted by atomic mass is 16.3. The topological polar surface area (TPSA) is 40.5 Å². The molecule has 0 fully saturated rings. The van der Waals surface area contributed by atoms with E-state index in [9.17, 15) is 0 Å². The van der Waals surface area contributed by atoms with E-state index < -0.39 is 0 Å². The number of aliphatic hydroxyl groups excluding tert-OH is 2. The van der Waals surface area contributed by atoms with Crippen LogP contribution in [0.1, 0.15) is 86.0 Å². The molecule has 0 spiro atoms. The fourth-order valence-corrected chi connectivity index (χ4v) is 2.86. The van der Waals surface area contributed by atoms with Gasteiger partial charge < -0.3 is 10.2 Å². The maximum Gasteiger partial charge on any atom is 0.0614 e. The molecule has 0 radical (unpaired) electrons. The van der Waals surface area contributed by atoms with E-state index in [1.54, 1.807) is 0 Å². The molecule has 0 atom stereocenters. The van der Waals surface area contributed by atoms with Gasteiger partial charge in [-0.2, -0.15) is 0 Å². The van der Waals surface area contributed by atoms with E-state index in [0.717, 1.165) is 51.4 Å². The molecular weight excluding hydrogens is 332 g/mol. The van der Waals surface area contributed by atoms with Crippen LogP contribution in [0.5, 0.6) is 0 Å². The summed E-state index contributed by atoms with van der Waals surface area (Å²) in [6.45, 7) is 11.1. The third kappa shape index (κ3) is 16.5. The third-order valence-electron chi connectivity index (χ3n) is 4.89. The van der Waals surface area contributed by atoms with Crippen LogP contribution in [-0.4, -0.2) is 23.4 Å². The summed E-state index contributed by atoms with van der Waals surface area (Å²) >= 11 is 0. The van der Waals surface area contributed by atoms with E-state index in [0.29, 0.717) is 0 Å². The molecule has 0 amide bonds. The number of aliphatic hydroxyl groups is 2. The second-order valence-electron chi connectivity index (χ2n) is 7.73. The van der Waals surface area contributed by atoms with E-state index >= 15 is 0 Å². The maximum atomic E-state index is 8.88. The lowest BCUT2D eigenvalue weighted by atomic mass is 10.0. The predicted octanol–water partition coefficient (Wildman–Crippen LogP) is 6.82. The van der Waals surface area contributed by atoms with Gasteiger partial charge in [-0.25, -0.2) is 0 Å². The molecule has 0 aliphatic heterocycles. The van der Waals surface area contributed by atoms with E-state index in [1.165, 1.54) is 27.9 Å². The summed E-state index contributed by atoms with van der Waals surface area (Å²) in [5.41, 5.74) is 6.91. The Labute approximate surface area is 168 Å². The van der Waals surface area contributed by atoms with Crippen LogP contribution < -0.4 is 0 Å². The Kier molecular flexibility index (Phi) is 15.9. The lowest BCUT2D eigenvalue weighted by Gasteiger charge is -2.04. The Morgan fingerprint density at radius 3 is 1.04 bits per heavy atom. The maximum absolute atomic E-state index is 8.88. The molecule has 0 heterocycles. The summed E-state index contributed by atoms with van der Waals surface area (Å²) in [5, 5.41) is 17.7. The van der Waals surface area contributed by atoms with Crippen molar-refractivity contribution in [1.82, 2.24) is 0 Å². The molecule has 2 heteroatoms. The minimum absolute atomic E-state index is 0.146. The highest BCUT2D eigenvalue weighted by Gasteiger charge is 1.95. The normalized spacial score (nSPS) is 14.9. The molecule has 0 saturated carbocycles. The fraction of sp³-hybridized carbons (Fsp3) is 0.600. The van der Waals surface area contributed by atoms with Gasteiger partial charge in [-0.05, 0) is 86.0 Å². The smallest absolute Gasteiger partial charge is 0.0614 e. The fourth-order valence-electron chi connectivity index (χ4n) is 2.86. The molecule has 0 saturated heterocycles. The summed E-state index contributed by atoms with van der Waals surface area (Å²) in [6.07, 6.45) is 19.6. The number of hydrogen-bond donors (Lipinski definition) is 2. The molecule has 0 aromatic rings. The summed E-state index contributed by atoms with van der Waals surface area (Å²) in [5.74, 6) is 0. The number of hydrogen-bond acceptors (Lipinski definition) is 2. The van der Waals surface area contributed by atoms with Gasteiger partial charge in [0, 0.05) is 0 Å². The molecule has 0 bridgehead atoms. The summed E-state index contributed by atoms with van der Waals surface area (Å²) < 4.78 is 0. The average molecular weight is 375 g/mol. The van der Waals surface area contributed by atoms with Crippen LogP contribution in [0.15, 0.2) is 58.2 Å². The average Bonchev–Trinajstić information content (AvgIpc) is 2.60. The van der Waals surface area contributed by atoms with Gasteiger partial charge in [0.05, 0.1) is 13.2 Å². The van der Waals surface area contributed by atoms with Crippen molar-refractivity contribution < 1.29 is 10.2 Å². The Morgan fingerprint density at radius 1 is 0.444 bits per heavy atom.